The molecule has 3 aromatic rings. The summed E-state index contributed by atoms with van der Waals surface area (Å²) >= 11 is 1.54. The molecule has 1 fully saturated rings. The number of aryl methyl sites for hydroxylation is 2. The number of fused-ring (bicyclic) bond motifs is 1. The lowest BCUT2D eigenvalue weighted by molar-refractivity contribution is -0.118. The molecule has 1 aliphatic heterocycles. The smallest absolute Gasteiger partial charge is 0.233 e. The normalized spacial score (nSPS) is 17.1. The van der Waals surface area contributed by atoms with E-state index in [1.165, 1.54) is 11.3 Å². The second-order valence-corrected chi connectivity index (χ2v) is 7.59. The largest absolute Gasteiger partial charge is 0.376 e. The number of benzene rings is 1. The minimum Gasteiger partial charge on any atom is -0.376 e. The Hall–Kier alpha value is -2.25. The minimum absolute atomic E-state index is 0.00560. The van der Waals surface area contributed by atoms with Gasteiger partial charge in [0.2, 0.25) is 5.91 Å². The Kier molecular flexibility index (Phi) is 4.74. The van der Waals surface area contributed by atoms with Crippen molar-refractivity contribution in [3.8, 4) is 0 Å². The third-order valence-corrected chi connectivity index (χ3v) is 5.79. The molecule has 0 unspecified atom stereocenters. The van der Waals surface area contributed by atoms with Crippen LogP contribution in [0.1, 0.15) is 29.9 Å². The molecular weight excluding hydrogens is 350 g/mol. The van der Waals surface area contributed by atoms with Gasteiger partial charge >= 0.3 is 0 Å². The third-order valence-electron chi connectivity index (χ3n) is 4.73. The summed E-state index contributed by atoms with van der Waals surface area (Å²) in [5.74, 6) is 0.686. The summed E-state index contributed by atoms with van der Waals surface area (Å²) in [5, 5.41) is 4.68. The van der Waals surface area contributed by atoms with Crippen LogP contribution in [0.5, 0.6) is 0 Å². The molecule has 4 rings (SSSR count). The van der Waals surface area contributed by atoms with E-state index in [4.69, 9.17) is 9.26 Å². The Balaban J connectivity index is 1.64. The van der Waals surface area contributed by atoms with Crippen LogP contribution in [-0.4, -0.2) is 35.3 Å². The van der Waals surface area contributed by atoms with Crippen LogP contribution in [0, 0.1) is 13.8 Å². The quantitative estimate of drug-likeness (QED) is 0.685. The summed E-state index contributed by atoms with van der Waals surface area (Å²) in [6.45, 7) is 4.99. The molecule has 1 aliphatic rings. The lowest BCUT2D eigenvalue weighted by Crippen LogP contribution is -2.38. The summed E-state index contributed by atoms with van der Waals surface area (Å²) in [6.07, 6.45) is 2.33. The summed E-state index contributed by atoms with van der Waals surface area (Å²) in [6, 6.07) is 7.94. The Morgan fingerprint density at radius 2 is 2.19 bits per heavy atom. The number of nitrogens with zero attached hydrogens (tertiary/aromatic N) is 3. The maximum absolute atomic E-state index is 13.1. The van der Waals surface area contributed by atoms with Crippen molar-refractivity contribution in [3.63, 3.8) is 0 Å². The number of carbonyl (C=O) groups excluding carboxylic acids is 1. The summed E-state index contributed by atoms with van der Waals surface area (Å²) in [5.41, 5.74) is 2.53. The Bertz CT molecular complexity index is 875. The molecule has 0 spiro atoms. The minimum atomic E-state index is -0.00560. The van der Waals surface area contributed by atoms with Crippen LogP contribution < -0.4 is 4.90 Å². The maximum Gasteiger partial charge on any atom is 0.233 e. The van der Waals surface area contributed by atoms with E-state index < -0.39 is 0 Å². The van der Waals surface area contributed by atoms with Crippen molar-refractivity contribution in [3.05, 3.63) is 41.3 Å². The van der Waals surface area contributed by atoms with Gasteiger partial charge in [-0.15, -0.1) is 0 Å². The molecule has 2 aromatic heterocycles. The maximum atomic E-state index is 13.1. The number of ether oxygens (including phenoxy) is 1. The van der Waals surface area contributed by atoms with E-state index in [0.29, 0.717) is 12.3 Å². The first-order valence-corrected chi connectivity index (χ1v) is 9.63. The number of aromatic nitrogens is 2. The van der Waals surface area contributed by atoms with Crippen molar-refractivity contribution in [2.45, 2.75) is 39.2 Å². The first-order valence-electron chi connectivity index (χ1n) is 8.81. The van der Waals surface area contributed by atoms with Crippen LogP contribution >= 0.6 is 11.3 Å². The van der Waals surface area contributed by atoms with Gasteiger partial charge in [-0.2, -0.15) is 0 Å². The summed E-state index contributed by atoms with van der Waals surface area (Å²) in [4.78, 5) is 19.6. The van der Waals surface area contributed by atoms with E-state index >= 15 is 0 Å². The molecule has 1 atom stereocenters. The second kappa shape index (κ2) is 7.17. The zero-order valence-corrected chi connectivity index (χ0v) is 15.7. The van der Waals surface area contributed by atoms with Gasteiger partial charge in [-0.3, -0.25) is 9.69 Å². The fourth-order valence-electron chi connectivity index (χ4n) is 3.25. The molecule has 136 valence electrons. The topological polar surface area (TPSA) is 68.5 Å². The van der Waals surface area contributed by atoms with Crippen molar-refractivity contribution >= 4 is 32.6 Å². The van der Waals surface area contributed by atoms with Crippen molar-refractivity contribution in [1.29, 1.82) is 0 Å². The van der Waals surface area contributed by atoms with Crippen LogP contribution in [0.15, 0.2) is 28.8 Å². The zero-order valence-electron chi connectivity index (χ0n) is 14.9. The average Bonchev–Trinajstić information content (AvgIpc) is 3.35. The lowest BCUT2D eigenvalue weighted by atomic mass is 10.1. The van der Waals surface area contributed by atoms with Gasteiger partial charge in [-0.05, 0) is 38.8 Å². The molecule has 1 saturated heterocycles. The molecule has 6 nitrogen and oxygen atoms in total. The van der Waals surface area contributed by atoms with Crippen LogP contribution in [0.4, 0.5) is 5.13 Å². The number of hydrogen-bond acceptors (Lipinski definition) is 6. The fourth-order valence-corrected chi connectivity index (χ4v) is 4.25. The number of anilines is 1. The first kappa shape index (κ1) is 17.2. The lowest BCUT2D eigenvalue weighted by Gasteiger charge is -2.23. The number of para-hydroxylation sites is 1. The van der Waals surface area contributed by atoms with Crippen LogP contribution in [-0.2, 0) is 16.0 Å². The highest BCUT2D eigenvalue weighted by Gasteiger charge is 2.27. The van der Waals surface area contributed by atoms with Gasteiger partial charge in [0.05, 0.1) is 35.0 Å². The summed E-state index contributed by atoms with van der Waals surface area (Å²) in [7, 11) is 0. The van der Waals surface area contributed by atoms with Gasteiger partial charge < -0.3 is 9.26 Å². The molecular formula is C19H21N3O3S. The van der Waals surface area contributed by atoms with Gasteiger partial charge in [0.15, 0.2) is 5.13 Å². The highest BCUT2D eigenvalue weighted by molar-refractivity contribution is 7.22. The molecule has 1 aromatic carbocycles. The van der Waals surface area contributed by atoms with Gasteiger partial charge in [0.1, 0.15) is 5.76 Å². The SMILES string of the molecule is Cc1noc(C)c1CC(=O)N(C[C@@H]1CCCO1)c1nc2ccccc2s1. The number of rotatable bonds is 5. The standard InChI is InChI=1S/C19H21N3O3S/c1-12-15(13(2)25-21-12)10-18(23)22(11-14-6-5-9-24-14)19-20-16-7-3-4-8-17(16)26-19/h3-4,7-8,14H,5-6,9-11H2,1-2H3/t14-/m0/s1. The molecule has 0 saturated carbocycles. The Labute approximate surface area is 155 Å². The van der Waals surface area contributed by atoms with Crippen LogP contribution in [0.2, 0.25) is 0 Å². The van der Waals surface area contributed by atoms with E-state index in [0.717, 1.165) is 46.1 Å². The first-order chi connectivity index (χ1) is 12.6. The molecule has 0 N–H and O–H groups in total. The molecule has 0 radical (unpaired) electrons. The molecule has 7 heteroatoms. The summed E-state index contributed by atoms with van der Waals surface area (Å²) < 4.78 is 12.0. The third kappa shape index (κ3) is 3.37. The van der Waals surface area contributed by atoms with E-state index in [1.54, 1.807) is 4.90 Å². The van der Waals surface area contributed by atoms with E-state index in [-0.39, 0.29) is 18.4 Å². The molecule has 0 bridgehead atoms. The molecule has 1 amide bonds. The number of amides is 1. The van der Waals surface area contributed by atoms with Crippen molar-refractivity contribution in [2.24, 2.45) is 0 Å². The van der Waals surface area contributed by atoms with E-state index in [9.17, 15) is 4.79 Å². The zero-order chi connectivity index (χ0) is 18.1. The van der Waals surface area contributed by atoms with Gasteiger partial charge in [0, 0.05) is 12.2 Å². The van der Waals surface area contributed by atoms with Gasteiger partial charge in [-0.1, -0.05) is 28.6 Å². The van der Waals surface area contributed by atoms with Crippen LogP contribution in [0.25, 0.3) is 10.2 Å². The van der Waals surface area contributed by atoms with E-state index in [1.807, 2.05) is 38.1 Å². The van der Waals surface area contributed by atoms with Crippen molar-refractivity contribution in [2.75, 3.05) is 18.1 Å². The highest BCUT2D eigenvalue weighted by atomic mass is 32.1. The number of carbonyl (C=O) groups is 1. The van der Waals surface area contributed by atoms with E-state index in [2.05, 4.69) is 10.1 Å². The Morgan fingerprint density at radius 3 is 2.88 bits per heavy atom. The predicted molar refractivity (Wildman–Crippen MR) is 101 cm³/mol. The Morgan fingerprint density at radius 1 is 1.35 bits per heavy atom. The van der Waals surface area contributed by atoms with Gasteiger partial charge in [0.25, 0.3) is 0 Å². The number of hydrogen-bond donors (Lipinski definition) is 0. The predicted octanol–water partition coefficient (Wildman–Crippen LogP) is 3.66. The monoisotopic (exact) mass is 371 g/mol. The van der Waals surface area contributed by atoms with Crippen molar-refractivity contribution in [1.82, 2.24) is 10.1 Å². The fraction of sp³-hybridized carbons (Fsp3) is 0.421. The second-order valence-electron chi connectivity index (χ2n) is 6.58. The molecule has 0 aliphatic carbocycles. The molecule has 3 heterocycles. The van der Waals surface area contributed by atoms with Crippen LogP contribution in [0.3, 0.4) is 0 Å². The average molecular weight is 371 g/mol. The molecule has 26 heavy (non-hydrogen) atoms. The number of thiazole rings is 1. The van der Waals surface area contributed by atoms with Gasteiger partial charge in [-0.25, -0.2) is 4.98 Å². The highest BCUT2D eigenvalue weighted by Crippen LogP contribution is 2.30. The van der Waals surface area contributed by atoms with Crippen molar-refractivity contribution < 1.29 is 14.1 Å².